The maximum atomic E-state index is 12.4. The molecule has 7 nitrogen and oxygen atoms in total. The van der Waals surface area contributed by atoms with Crippen molar-refractivity contribution in [2.24, 2.45) is 4.99 Å². The molecule has 2 aromatic carbocycles. The molecule has 3 aromatic rings. The molecule has 0 spiro atoms. The monoisotopic (exact) mass is 416 g/mol. The second-order valence-corrected chi connectivity index (χ2v) is 7.36. The molecule has 31 heavy (non-hydrogen) atoms. The molecule has 158 valence electrons. The minimum absolute atomic E-state index is 0.178. The Morgan fingerprint density at radius 1 is 1.16 bits per heavy atom. The van der Waals surface area contributed by atoms with Gasteiger partial charge in [-0.1, -0.05) is 24.3 Å². The number of benzene rings is 2. The fourth-order valence-corrected chi connectivity index (χ4v) is 3.31. The van der Waals surface area contributed by atoms with Gasteiger partial charge in [-0.25, -0.2) is 0 Å². The Morgan fingerprint density at radius 2 is 2.00 bits per heavy atom. The van der Waals surface area contributed by atoms with Crippen molar-refractivity contribution in [3.05, 3.63) is 83.7 Å². The third kappa shape index (κ3) is 5.46. The first-order valence-corrected chi connectivity index (χ1v) is 10.1. The average Bonchev–Trinajstić information content (AvgIpc) is 3.29. The van der Waals surface area contributed by atoms with E-state index >= 15 is 0 Å². The van der Waals surface area contributed by atoms with Gasteiger partial charge in [-0.05, 0) is 48.4 Å². The molecule has 1 aliphatic rings. The molecule has 0 saturated carbocycles. The number of hydrogen-bond acceptors (Lipinski definition) is 6. The number of nitrogens with one attached hydrogen (secondary N) is 2. The van der Waals surface area contributed by atoms with E-state index in [4.69, 9.17) is 4.74 Å². The number of aryl methyl sites for hydroxylation is 1. The molecule has 0 aliphatic carbocycles. The zero-order valence-corrected chi connectivity index (χ0v) is 17.2. The molecule has 0 fully saturated rings. The Balaban J connectivity index is 1.40. The molecule has 0 bridgehead atoms. The van der Waals surface area contributed by atoms with Gasteiger partial charge < -0.3 is 20.5 Å². The molecule has 1 amide bonds. The highest BCUT2D eigenvalue weighted by Gasteiger charge is 2.16. The van der Waals surface area contributed by atoms with E-state index < -0.39 is 12.0 Å². The number of amidine groups is 1. The fourth-order valence-electron chi connectivity index (χ4n) is 3.31. The summed E-state index contributed by atoms with van der Waals surface area (Å²) in [4.78, 5) is 21.1. The number of nitrogens with zero attached hydrogens (tertiary/aromatic N) is 2. The third-order valence-electron chi connectivity index (χ3n) is 4.80. The van der Waals surface area contributed by atoms with Crippen molar-refractivity contribution in [1.82, 2.24) is 10.3 Å². The van der Waals surface area contributed by atoms with E-state index in [0.29, 0.717) is 17.2 Å². The first-order chi connectivity index (χ1) is 15.1. The van der Waals surface area contributed by atoms with E-state index in [1.54, 1.807) is 18.3 Å². The average molecular weight is 416 g/mol. The van der Waals surface area contributed by atoms with Crippen molar-refractivity contribution in [3.8, 4) is 11.5 Å². The van der Waals surface area contributed by atoms with Gasteiger partial charge in [-0.2, -0.15) is 0 Å². The molecule has 1 atom stereocenters. The number of anilines is 1. The van der Waals surface area contributed by atoms with Gasteiger partial charge >= 0.3 is 0 Å². The summed E-state index contributed by atoms with van der Waals surface area (Å²) in [5, 5.41) is 16.3. The summed E-state index contributed by atoms with van der Waals surface area (Å²) in [5.41, 5.74) is 3.22. The lowest BCUT2D eigenvalue weighted by molar-refractivity contribution is -0.123. The van der Waals surface area contributed by atoms with E-state index in [1.807, 2.05) is 55.5 Å². The molecule has 1 aromatic heterocycles. The maximum Gasteiger partial charge on any atom is 0.253 e. The van der Waals surface area contributed by atoms with Crippen molar-refractivity contribution in [3.63, 3.8) is 0 Å². The molecule has 2 heterocycles. The first kappa shape index (κ1) is 20.6. The van der Waals surface area contributed by atoms with Crippen LogP contribution in [0.3, 0.4) is 0 Å². The predicted molar refractivity (Wildman–Crippen MR) is 120 cm³/mol. The van der Waals surface area contributed by atoms with Gasteiger partial charge in [0.25, 0.3) is 5.91 Å². The molecule has 7 heteroatoms. The predicted octanol–water partition coefficient (Wildman–Crippen LogP) is 3.07. The highest BCUT2D eigenvalue weighted by molar-refractivity contribution is 5.98. The van der Waals surface area contributed by atoms with Crippen LogP contribution in [0.25, 0.3) is 0 Å². The third-order valence-corrected chi connectivity index (χ3v) is 4.80. The number of amides is 1. The molecular formula is C24H24N4O3. The topological polar surface area (TPSA) is 95.8 Å². The van der Waals surface area contributed by atoms with Gasteiger partial charge in [0.2, 0.25) is 0 Å². The smallest absolute Gasteiger partial charge is 0.253 e. The lowest BCUT2D eigenvalue weighted by atomic mass is 10.1. The molecular weight excluding hydrogens is 392 g/mol. The Bertz CT molecular complexity index is 1110. The Labute approximate surface area is 180 Å². The number of aliphatic imine (C=N–C) groups is 1. The minimum atomic E-state index is -1.17. The first-order valence-electron chi connectivity index (χ1n) is 10.1. The van der Waals surface area contributed by atoms with E-state index in [-0.39, 0.29) is 6.42 Å². The Hall–Kier alpha value is -3.71. The van der Waals surface area contributed by atoms with E-state index in [1.165, 1.54) is 0 Å². The van der Waals surface area contributed by atoms with Crippen LogP contribution in [-0.4, -0.2) is 41.0 Å². The van der Waals surface area contributed by atoms with Gasteiger partial charge in [-0.15, -0.1) is 0 Å². The quantitative estimate of drug-likeness (QED) is 0.550. The van der Waals surface area contributed by atoms with E-state index in [9.17, 15) is 9.90 Å². The van der Waals surface area contributed by atoms with Crippen molar-refractivity contribution in [1.29, 1.82) is 0 Å². The highest BCUT2D eigenvalue weighted by atomic mass is 16.5. The van der Waals surface area contributed by atoms with Crippen LogP contribution >= 0.6 is 0 Å². The number of aromatic nitrogens is 1. The summed E-state index contributed by atoms with van der Waals surface area (Å²) < 4.78 is 5.97. The van der Waals surface area contributed by atoms with Gasteiger partial charge in [0, 0.05) is 30.9 Å². The van der Waals surface area contributed by atoms with Crippen LogP contribution < -0.4 is 15.4 Å². The van der Waals surface area contributed by atoms with E-state index in [0.717, 1.165) is 35.7 Å². The number of hydrogen-bond donors (Lipinski definition) is 3. The second-order valence-electron chi connectivity index (χ2n) is 7.36. The summed E-state index contributed by atoms with van der Waals surface area (Å²) >= 11 is 0. The zero-order valence-electron chi connectivity index (χ0n) is 17.2. The maximum absolute atomic E-state index is 12.4. The number of carbonyl (C=O) groups is 1. The molecule has 0 radical (unpaired) electrons. The highest BCUT2D eigenvalue weighted by Crippen LogP contribution is 2.23. The van der Waals surface area contributed by atoms with Crippen LogP contribution in [0.1, 0.15) is 16.8 Å². The summed E-state index contributed by atoms with van der Waals surface area (Å²) in [6.45, 7) is 3.49. The van der Waals surface area contributed by atoms with Crippen LogP contribution in [0, 0.1) is 6.92 Å². The number of aliphatic hydroxyl groups excluding tert-OH is 1. The number of rotatable bonds is 7. The van der Waals surface area contributed by atoms with Gasteiger partial charge in [0.15, 0.2) is 0 Å². The summed E-state index contributed by atoms with van der Waals surface area (Å²) in [7, 11) is 0. The Kier molecular flexibility index (Phi) is 6.24. The minimum Gasteiger partial charge on any atom is -0.457 e. The summed E-state index contributed by atoms with van der Waals surface area (Å²) in [6, 6.07) is 18.4. The lowest BCUT2D eigenvalue weighted by Crippen LogP contribution is -2.29. The second kappa shape index (κ2) is 9.40. The SMILES string of the molecule is Cc1cccc(NC(=O)C(O)Cc2cccc(Oc3ccnc(C4=NCCN4)c3)c2)c1. The number of aliphatic hydroxyl groups is 1. The summed E-state index contributed by atoms with van der Waals surface area (Å²) in [6.07, 6.45) is 0.683. The fraction of sp³-hybridized carbons (Fsp3) is 0.208. The number of pyridine rings is 1. The lowest BCUT2D eigenvalue weighted by Gasteiger charge is -2.13. The standard InChI is InChI=1S/C24H24N4O3/c1-16-4-2-6-18(12-16)28-24(30)22(29)14-17-5-3-7-19(13-17)31-20-8-9-25-21(15-20)23-26-10-11-27-23/h2-9,12-13,15,22,29H,10-11,14H2,1H3,(H,26,27)(H,28,30). The van der Waals surface area contributed by atoms with Crippen molar-refractivity contribution >= 4 is 17.4 Å². The number of ether oxygens (including phenoxy) is 1. The van der Waals surface area contributed by atoms with Crippen LogP contribution in [0.15, 0.2) is 71.9 Å². The molecule has 0 saturated heterocycles. The Morgan fingerprint density at radius 3 is 2.81 bits per heavy atom. The van der Waals surface area contributed by atoms with Crippen LogP contribution in [-0.2, 0) is 11.2 Å². The summed E-state index contributed by atoms with van der Waals surface area (Å²) in [5.74, 6) is 1.57. The molecule has 1 aliphatic heterocycles. The van der Waals surface area contributed by atoms with Crippen LogP contribution in [0.4, 0.5) is 5.69 Å². The van der Waals surface area contributed by atoms with Crippen molar-refractivity contribution in [2.75, 3.05) is 18.4 Å². The van der Waals surface area contributed by atoms with Crippen molar-refractivity contribution in [2.45, 2.75) is 19.4 Å². The zero-order chi connectivity index (χ0) is 21.6. The molecule has 4 rings (SSSR count). The van der Waals surface area contributed by atoms with Gasteiger partial charge in [0.05, 0.1) is 6.54 Å². The molecule has 3 N–H and O–H groups in total. The molecule has 1 unspecified atom stereocenters. The van der Waals surface area contributed by atoms with Crippen LogP contribution in [0.2, 0.25) is 0 Å². The number of carbonyl (C=O) groups excluding carboxylic acids is 1. The van der Waals surface area contributed by atoms with Crippen LogP contribution in [0.5, 0.6) is 11.5 Å². The van der Waals surface area contributed by atoms with Gasteiger partial charge in [0.1, 0.15) is 29.1 Å². The van der Waals surface area contributed by atoms with E-state index in [2.05, 4.69) is 20.6 Å². The normalized spacial score (nSPS) is 13.8. The largest absolute Gasteiger partial charge is 0.457 e. The van der Waals surface area contributed by atoms with Crippen molar-refractivity contribution < 1.29 is 14.6 Å². The van der Waals surface area contributed by atoms with Gasteiger partial charge in [-0.3, -0.25) is 14.8 Å².